The van der Waals surface area contributed by atoms with E-state index in [0.717, 1.165) is 17.7 Å². The standard InChI is InChI=1S/C15H22O3.H2O2/c1-11-6-7-12(2)13(10-11)18-9-5-8-15(3,4)14(16)17;1-2/h6-7,10H,5,8-9H2,1-4H3,(H,16,17);1-2H. The molecule has 3 N–H and O–H groups in total. The van der Waals surface area contributed by atoms with E-state index in [1.54, 1.807) is 13.8 Å². The van der Waals surface area contributed by atoms with Gasteiger partial charge >= 0.3 is 5.97 Å². The summed E-state index contributed by atoms with van der Waals surface area (Å²) in [5, 5.41) is 21.0. The van der Waals surface area contributed by atoms with Crippen LogP contribution in [0.3, 0.4) is 0 Å². The number of aryl methyl sites for hydroxylation is 2. The number of hydrogen-bond acceptors (Lipinski definition) is 4. The van der Waals surface area contributed by atoms with Crippen LogP contribution in [0.25, 0.3) is 0 Å². The van der Waals surface area contributed by atoms with E-state index in [1.165, 1.54) is 5.56 Å². The van der Waals surface area contributed by atoms with Gasteiger partial charge in [0, 0.05) is 0 Å². The molecule has 5 nitrogen and oxygen atoms in total. The average molecular weight is 284 g/mol. The highest BCUT2D eigenvalue weighted by Gasteiger charge is 2.26. The van der Waals surface area contributed by atoms with E-state index in [0.29, 0.717) is 13.0 Å². The topological polar surface area (TPSA) is 87.0 Å². The van der Waals surface area contributed by atoms with Crippen LogP contribution in [0.4, 0.5) is 0 Å². The van der Waals surface area contributed by atoms with Crippen molar-refractivity contribution in [2.75, 3.05) is 6.61 Å². The Balaban J connectivity index is 0.00000172. The normalized spacial score (nSPS) is 10.5. The first-order valence-electron chi connectivity index (χ1n) is 6.46. The van der Waals surface area contributed by atoms with Crippen LogP contribution >= 0.6 is 0 Å². The molecule has 0 aliphatic carbocycles. The first kappa shape index (κ1) is 18.4. The summed E-state index contributed by atoms with van der Waals surface area (Å²) in [5.41, 5.74) is 1.60. The zero-order valence-electron chi connectivity index (χ0n) is 12.5. The monoisotopic (exact) mass is 284 g/mol. The van der Waals surface area contributed by atoms with Crippen molar-refractivity contribution in [1.82, 2.24) is 0 Å². The number of carbonyl (C=O) groups is 1. The molecule has 0 radical (unpaired) electrons. The number of aliphatic carboxylic acids is 1. The van der Waals surface area contributed by atoms with Crippen LogP contribution in [0, 0.1) is 19.3 Å². The van der Waals surface area contributed by atoms with Crippen LogP contribution in [0.2, 0.25) is 0 Å². The molecule has 0 unspecified atom stereocenters. The molecule has 1 aromatic rings. The highest BCUT2D eigenvalue weighted by molar-refractivity contribution is 5.73. The van der Waals surface area contributed by atoms with Gasteiger partial charge in [-0.2, -0.15) is 0 Å². The van der Waals surface area contributed by atoms with Crippen molar-refractivity contribution in [1.29, 1.82) is 0 Å². The lowest BCUT2D eigenvalue weighted by molar-refractivity contribution is -0.176. The van der Waals surface area contributed by atoms with Crippen LogP contribution in [0.5, 0.6) is 5.75 Å². The average Bonchev–Trinajstić information content (AvgIpc) is 2.40. The lowest BCUT2D eigenvalue weighted by Gasteiger charge is -2.19. The molecule has 0 saturated carbocycles. The molecule has 0 heterocycles. The van der Waals surface area contributed by atoms with Crippen LogP contribution in [0.15, 0.2) is 18.2 Å². The molecule has 0 spiro atoms. The van der Waals surface area contributed by atoms with E-state index in [4.69, 9.17) is 20.4 Å². The zero-order valence-corrected chi connectivity index (χ0v) is 12.5. The van der Waals surface area contributed by atoms with Gasteiger partial charge in [0.25, 0.3) is 0 Å². The van der Waals surface area contributed by atoms with E-state index < -0.39 is 11.4 Å². The second-order valence-corrected chi connectivity index (χ2v) is 5.41. The number of rotatable bonds is 6. The quantitative estimate of drug-likeness (QED) is 0.422. The SMILES string of the molecule is Cc1ccc(C)c(OCCCC(C)(C)C(=O)O)c1.OO. The van der Waals surface area contributed by atoms with Crippen molar-refractivity contribution in [3.63, 3.8) is 0 Å². The van der Waals surface area contributed by atoms with Gasteiger partial charge in [0.2, 0.25) is 0 Å². The maximum Gasteiger partial charge on any atom is 0.309 e. The number of hydrogen-bond donors (Lipinski definition) is 3. The Labute approximate surface area is 119 Å². The van der Waals surface area contributed by atoms with E-state index in [1.807, 2.05) is 26.0 Å². The molecule has 0 bridgehead atoms. The van der Waals surface area contributed by atoms with Crippen LogP contribution < -0.4 is 4.74 Å². The third-order valence-corrected chi connectivity index (χ3v) is 3.13. The molecule has 0 fully saturated rings. The number of benzene rings is 1. The summed E-state index contributed by atoms with van der Waals surface area (Å²) in [6.45, 7) is 8.08. The smallest absolute Gasteiger partial charge is 0.309 e. The van der Waals surface area contributed by atoms with Crippen molar-refractivity contribution >= 4 is 5.97 Å². The summed E-state index contributed by atoms with van der Waals surface area (Å²) in [5.74, 6) is 0.136. The molecule has 114 valence electrons. The van der Waals surface area contributed by atoms with E-state index in [9.17, 15) is 4.79 Å². The summed E-state index contributed by atoms with van der Waals surface area (Å²) in [6, 6.07) is 6.10. The fourth-order valence-electron chi connectivity index (χ4n) is 1.67. The van der Waals surface area contributed by atoms with Crippen molar-refractivity contribution in [2.45, 2.75) is 40.5 Å². The van der Waals surface area contributed by atoms with Gasteiger partial charge in [-0.05, 0) is 57.7 Å². The van der Waals surface area contributed by atoms with Gasteiger partial charge in [-0.15, -0.1) is 0 Å². The lowest BCUT2D eigenvalue weighted by Crippen LogP contribution is -2.24. The Kier molecular flexibility index (Phi) is 7.87. The summed E-state index contributed by atoms with van der Waals surface area (Å²) in [6.07, 6.45) is 1.36. The second-order valence-electron chi connectivity index (χ2n) is 5.41. The highest BCUT2D eigenvalue weighted by atomic mass is 17.0. The van der Waals surface area contributed by atoms with Gasteiger partial charge < -0.3 is 9.84 Å². The molecule has 20 heavy (non-hydrogen) atoms. The molecule has 0 amide bonds. The molecular formula is C15H24O5. The van der Waals surface area contributed by atoms with Gasteiger partial charge in [-0.1, -0.05) is 12.1 Å². The lowest BCUT2D eigenvalue weighted by atomic mass is 9.88. The predicted molar refractivity (Wildman–Crippen MR) is 77.3 cm³/mol. The van der Waals surface area contributed by atoms with Crippen LogP contribution in [-0.2, 0) is 4.79 Å². The van der Waals surface area contributed by atoms with E-state index in [2.05, 4.69) is 6.07 Å². The van der Waals surface area contributed by atoms with Gasteiger partial charge in [-0.3, -0.25) is 15.3 Å². The fraction of sp³-hybridized carbons (Fsp3) is 0.533. The van der Waals surface area contributed by atoms with Crippen LogP contribution in [0.1, 0.15) is 37.8 Å². The number of ether oxygens (including phenoxy) is 1. The zero-order chi connectivity index (χ0) is 15.8. The summed E-state index contributed by atoms with van der Waals surface area (Å²) < 4.78 is 5.70. The Morgan fingerprint density at radius 3 is 2.40 bits per heavy atom. The third-order valence-electron chi connectivity index (χ3n) is 3.13. The van der Waals surface area contributed by atoms with Gasteiger partial charge in [0.1, 0.15) is 5.75 Å². The van der Waals surface area contributed by atoms with E-state index >= 15 is 0 Å². The van der Waals surface area contributed by atoms with Gasteiger partial charge in [0.05, 0.1) is 12.0 Å². The third kappa shape index (κ3) is 6.04. The second kappa shape index (κ2) is 8.55. The summed E-state index contributed by atoms with van der Waals surface area (Å²) in [4.78, 5) is 10.9. The molecule has 0 aliphatic heterocycles. The van der Waals surface area contributed by atoms with Crippen molar-refractivity contribution < 1.29 is 25.2 Å². The van der Waals surface area contributed by atoms with E-state index in [-0.39, 0.29) is 0 Å². The van der Waals surface area contributed by atoms with Crippen LogP contribution in [-0.4, -0.2) is 28.2 Å². The maximum atomic E-state index is 10.9. The predicted octanol–water partition coefficient (Wildman–Crippen LogP) is 3.59. The van der Waals surface area contributed by atoms with Crippen molar-refractivity contribution in [2.24, 2.45) is 5.41 Å². The Morgan fingerprint density at radius 2 is 1.85 bits per heavy atom. The molecule has 0 saturated heterocycles. The first-order chi connectivity index (χ1) is 9.33. The van der Waals surface area contributed by atoms with Crippen molar-refractivity contribution in [3.05, 3.63) is 29.3 Å². The van der Waals surface area contributed by atoms with Gasteiger partial charge in [-0.25, -0.2) is 0 Å². The minimum Gasteiger partial charge on any atom is -0.493 e. The summed E-state index contributed by atoms with van der Waals surface area (Å²) in [7, 11) is 0. The Hall–Kier alpha value is -1.59. The number of carboxylic acids is 1. The molecular weight excluding hydrogens is 260 g/mol. The minimum atomic E-state index is -0.755. The molecule has 5 heteroatoms. The van der Waals surface area contributed by atoms with Gasteiger partial charge in [0.15, 0.2) is 0 Å². The largest absolute Gasteiger partial charge is 0.493 e. The molecule has 1 rings (SSSR count). The molecule has 0 aromatic heterocycles. The summed E-state index contributed by atoms with van der Waals surface area (Å²) >= 11 is 0. The highest BCUT2D eigenvalue weighted by Crippen LogP contribution is 2.23. The maximum absolute atomic E-state index is 10.9. The molecule has 0 aliphatic rings. The molecule has 0 atom stereocenters. The number of carboxylic acid groups (broad SMARTS) is 1. The Bertz CT molecular complexity index is 426. The van der Waals surface area contributed by atoms with Crippen molar-refractivity contribution in [3.8, 4) is 5.75 Å². The fourth-order valence-corrected chi connectivity index (χ4v) is 1.67. The molecule has 1 aromatic carbocycles. The first-order valence-corrected chi connectivity index (χ1v) is 6.46. The minimum absolute atomic E-state index is 0.557. The Morgan fingerprint density at radius 1 is 1.25 bits per heavy atom.